The molecular formula is C24H31ClN2O4S. The van der Waals surface area contributed by atoms with Crippen LogP contribution in [0.25, 0.3) is 0 Å². The first-order valence-corrected chi connectivity index (χ1v) is 12.7. The molecule has 0 bridgehead atoms. The summed E-state index contributed by atoms with van der Waals surface area (Å²) in [6, 6.07) is 9.81. The van der Waals surface area contributed by atoms with Gasteiger partial charge in [-0.2, -0.15) is 0 Å². The van der Waals surface area contributed by atoms with Crippen LogP contribution in [0, 0.1) is 12.3 Å². The summed E-state index contributed by atoms with van der Waals surface area (Å²) in [6.07, 6.45) is 0.615. The fraction of sp³-hybridized carbons (Fsp3) is 0.500. The summed E-state index contributed by atoms with van der Waals surface area (Å²) in [5.74, 6) is -0.00721. The Balaban J connectivity index is 2.11. The number of halogens is 1. The zero-order valence-corrected chi connectivity index (χ0v) is 20.9. The van der Waals surface area contributed by atoms with Crippen LogP contribution in [0.1, 0.15) is 51.9 Å². The quantitative estimate of drug-likeness (QED) is 0.609. The van der Waals surface area contributed by atoms with E-state index < -0.39 is 20.0 Å². The van der Waals surface area contributed by atoms with Crippen molar-refractivity contribution in [3.05, 3.63) is 52.8 Å². The number of aryl methyl sites for hydroxylation is 1. The second-order valence-electron chi connectivity index (χ2n) is 9.16. The van der Waals surface area contributed by atoms with Gasteiger partial charge >= 0.3 is 0 Å². The summed E-state index contributed by atoms with van der Waals surface area (Å²) < 4.78 is 32.0. The number of rotatable bonds is 5. The minimum atomic E-state index is -3.77. The van der Waals surface area contributed by atoms with Crippen molar-refractivity contribution in [2.75, 3.05) is 24.7 Å². The third-order valence-electron chi connectivity index (χ3n) is 5.96. The Morgan fingerprint density at radius 3 is 2.22 bits per heavy atom. The van der Waals surface area contributed by atoms with Gasteiger partial charge in [0.2, 0.25) is 5.91 Å². The number of pyridine rings is 1. The number of aromatic nitrogens is 1. The van der Waals surface area contributed by atoms with Crippen molar-refractivity contribution in [1.29, 1.82) is 0 Å². The van der Waals surface area contributed by atoms with Crippen LogP contribution in [-0.2, 0) is 24.1 Å². The first-order valence-electron chi connectivity index (χ1n) is 10.8. The van der Waals surface area contributed by atoms with E-state index in [1.165, 1.54) is 12.1 Å². The SMILES string of the molecule is CCN(C(=O)C(C)(C)C)c1ccc(C2(S(=O)(=O)c3ccc(Cl)cc3)CCOCC2)nc1C. The van der Waals surface area contributed by atoms with Crippen molar-refractivity contribution in [2.45, 2.75) is 57.1 Å². The van der Waals surface area contributed by atoms with Crippen molar-refractivity contribution in [1.82, 2.24) is 4.98 Å². The lowest BCUT2D eigenvalue weighted by Gasteiger charge is -2.37. The van der Waals surface area contributed by atoms with Crippen molar-refractivity contribution >= 4 is 33.0 Å². The van der Waals surface area contributed by atoms with Gasteiger partial charge in [0.15, 0.2) is 9.84 Å². The number of anilines is 1. The summed E-state index contributed by atoms with van der Waals surface area (Å²) in [6.45, 7) is 10.5. The minimum absolute atomic E-state index is 0.00721. The molecule has 2 aromatic rings. The predicted octanol–water partition coefficient (Wildman–Crippen LogP) is 4.92. The molecule has 1 fully saturated rings. The Labute approximate surface area is 195 Å². The molecule has 174 valence electrons. The molecule has 0 unspecified atom stereocenters. The lowest BCUT2D eigenvalue weighted by Crippen LogP contribution is -2.43. The van der Waals surface area contributed by atoms with Crippen molar-refractivity contribution in [3.8, 4) is 0 Å². The van der Waals surface area contributed by atoms with Gasteiger partial charge in [0, 0.05) is 30.2 Å². The van der Waals surface area contributed by atoms with Gasteiger partial charge < -0.3 is 9.64 Å². The van der Waals surface area contributed by atoms with Gasteiger partial charge in [-0.15, -0.1) is 0 Å². The third-order valence-corrected chi connectivity index (χ3v) is 8.75. The van der Waals surface area contributed by atoms with E-state index in [0.717, 1.165) is 0 Å². The van der Waals surface area contributed by atoms with Crippen LogP contribution in [0.3, 0.4) is 0 Å². The number of benzene rings is 1. The molecule has 0 atom stereocenters. The summed E-state index contributed by atoms with van der Waals surface area (Å²) in [5, 5.41) is 0.478. The van der Waals surface area contributed by atoms with Crippen LogP contribution < -0.4 is 4.90 Å². The molecule has 1 saturated heterocycles. The van der Waals surface area contributed by atoms with Gasteiger partial charge in [0.25, 0.3) is 0 Å². The Morgan fingerprint density at radius 2 is 1.72 bits per heavy atom. The molecule has 0 N–H and O–H groups in total. The van der Waals surface area contributed by atoms with Crippen LogP contribution in [0.4, 0.5) is 5.69 Å². The maximum absolute atomic E-state index is 13.8. The number of ether oxygens (including phenoxy) is 1. The normalized spacial score (nSPS) is 16.6. The second kappa shape index (κ2) is 9.12. The molecule has 6 nitrogen and oxygen atoms in total. The highest BCUT2D eigenvalue weighted by Crippen LogP contribution is 2.43. The molecule has 0 saturated carbocycles. The first-order chi connectivity index (χ1) is 14.9. The Hall–Kier alpha value is -1.96. The topological polar surface area (TPSA) is 76.6 Å². The summed E-state index contributed by atoms with van der Waals surface area (Å²) in [7, 11) is -3.77. The van der Waals surface area contributed by atoms with Gasteiger partial charge in [-0.25, -0.2) is 8.42 Å². The fourth-order valence-corrected chi connectivity index (χ4v) is 6.29. The highest BCUT2D eigenvalue weighted by molar-refractivity contribution is 7.92. The fourth-order valence-electron chi connectivity index (χ4n) is 4.12. The second-order valence-corrected chi connectivity index (χ2v) is 11.9. The zero-order chi connectivity index (χ0) is 23.7. The molecule has 0 radical (unpaired) electrons. The number of hydrogen-bond acceptors (Lipinski definition) is 5. The number of carbonyl (C=O) groups is 1. The van der Waals surface area contributed by atoms with E-state index in [2.05, 4.69) is 0 Å². The van der Waals surface area contributed by atoms with E-state index in [9.17, 15) is 13.2 Å². The number of amides is 1. The Bertz CT molecular complexity index is 1090. The average molecular weight is 479 g/mol. The van der Waals surface area contributed by atoms with Crippen LogP contribution in [0.5, 0.6) is 0 Å². The third kappa shape index (κ3) is 4.43. The highest BCUT2D eigenvalue weighted by atomic mass is 35.5. The van der Waals surface area contributed by atoms with E-state index in [1.807, 2.05) is 40.7 Å². The summed E-state index contributed by atoms with van der Waals surface area (Å²) >= 11 is 5.98. The molecular weight excluding hydrogens is 448 g/mol. The van der Waals surface area contributed by atoms with Gasteiger partial charge in [-0.05, 0) is 63.1 Å². The lowest BCUT2D eigenvalue weighted by molar-refractivity contribution is -0.125. The van der Waals surface area contributed by atoms with E-state index in [4.69, 9.17) is 21.3 Å². The maximum Gasteiger partial charge on any atom is 0.232 e. The molecule has 1 aromatic carbocycles. The zero-order valence-electron chi connectivity index (χ0n) is 19.3. The molecule has 1 aliphatic rings. The van der Waals surface area contributed by atoms with Crippen LogP contribution in [0.15, 0.2) is 41.3 Å². The monoisotopic (exact) mass is 478 g/mol. The highest BCUT2D eigenvalue weighted by Gasteiger charge is 2.48. The summed E-state index contributed by atoms with van der Waals surface area (Å²) in [4.78, 5) is 19.6. The minimum Gasteiger partial charge on any atom is -0.381 e. The van der Waals surface area contributed by atoms with E-state index in [-0.39, 0.29) is 10.8 Å². The largest absolute Gasteiger partial charge is 0.381 e. The standard InChI is InChI=1S/C24H31ClN2O4S/c1-6-27(22(28)23(3,4)5)20-11-12-21(26-17(20)2)24(13-15-31-16-14-24)32(29,30)19-9-7-18(25)8-10-19/h7-12H,6,13-16H2,1-5H3. The number of nitrogens with zero attached hydrogens (tertiary/aromatic N) is 2. The smallest absolute Gasteiger partial charge is 0.232 e. The van der Waals surface area contributed by atoms with Gasteiger partial charge in [-0.1, -0.05) is 32.4 Å². The van der Waals surface area contributed by atoms with E-state index in [0.29, 0.717) is 54.7 Å². The van der Waals surface area contributed by atoms with Crippen LogP contribution >= 0.6 is 11.6 Å². The van der Waals surface area contributed by atoms with Gasteiger partial charge in [0.1, 0.15) is 4.75 Å². The molecule has 32 heavy (non-hydrogen) atoms. The molecule has 3 rings (SSSR count). The first kappa shape index (κ1) is 24.7. The van der Waals surface area contributed by atoms with Crippen molar-refractivity contribution < 1.29 is 17.9 Å². The number of hydrogen-bond donors (Lipinski definition) is 0. The van der Waals surface area contributed by atoms with Crippen molar-refractivity contribution in [2.24, 2.45) is 5.41 Å². The van der Waals surface area contributed by atoms with Gasteiger partial charge in [-0.3, -0.25) is 9.78 Å². The Kier molecular flexibility index (Phi) is 7.03. The molecule has 8 heteroatoms. The number of carbonyl (C=O) groups excluding carboxylic acids is 1. The molecule has 1 amide bonds. The predicted molar refractivity (Wildman–Crippen MR) is 127 cm³/mol. The maximum atomic E-state index is 13.8. The summed E-state index contributed by atoms with van der Waals surface area (Å²) in [5.41, 5.74) is 1.26. The molecule has 1 aliphatic heterocycles. The van der Waals surface area contributed by atoms with Crippen molar-refractivity contribution in [3.63, 3.8) is 0 Å². The average Bonchev–Trinajstić information content (AvgIpc) is 2.75. The molecule has 2 heterocycles. The van der Waals surface area contributed by atoms with Gasteiger partial charge in [0.05, 0.1) is 22.0 Å². The molecule has 1 aromatic heterocycles. The molecule has 0 spiro atoms. The lowest BCUT2D eigenvalue weighted by atomic mass is 9.93. The Morgan fingerprint density at radius 1 is 1.12 bits per heavy atom. The molecule has 0 aliphatic carbocycles. The number of sulfone groups is 1. The van der Waals surface area contributed by atoms with Crippen LogP contribution in [-0.4, -0.2) is 39.1 Å². The van der Waals surface area contributed by atoms with Crippen LogP contribution in [0.2, 0.25) is 5.02 Å². The van der Waals surface area contributed by atoms with E-state index >= 15 is 0 Å². The van der Waals surface area contributed by atoms with E-state index in [1.54, 1.807) is 23.1 Å².